The Morgan fingerprint density at radius 2 is 1.83 bits per heavy atom. The van der Waals surface area contributed by atoms with Crippen molar-refractivity contribution in [2.75, 3.05) is 0 Å². The number of aromatic nitrogens is 1. The maximum atomic E-state index is 12.9. The molecule has 3 heteroatoms. The molecule has 0 saturated heterocycles. The van der Waals surface area contributed by atoms with Gasteiger partial charge < -0.3 is 5.32 Å². The fourth-order valence-electron chi connectivity index (χ4n) is 6.36. The number of nitrogens with one attached hydrogen (secondary N) is 1. The van der Waals surface area contributed by atoms with Crippen molar-refractivity contribution in [2.24, 2.45) is 17.3 Å². The second-order valence-corrected chi connectivity index (χ2v) is 8.90. The van der Waals surface area contributed by atoms with Crippen molar-refractivity contribution >= 4 is 16.8 Å². The molecule has 1 heterocycles. The Kier molecular flexibility index (Phi) is 2.89. The predicted molar refractivity (Wildman–Crippen MR) is 94.7 cm³/mol. The number of pyridine rings is 1. The highest BCUT2D eigenvalue weighted by Crippen LogP contribution is 2.61. The van der Waals surface area contributed by atoms with Crippen LogP contribution in [0.1, 0.15) is 55.9 Å². The van der Waals surface area contributed by atoms with Gasteiger partial charge in [0, 0.05) is 10.9 Å². The van der Waals surface area contributed by atoms with Crippen LogP contribution in [0.3, 0.4) is 0 Å². The Bertz CT molecular complexity index is 813. The summed E-state index contributed by atoms with van der Waals surface area (Å²) in [5, 5.41) is 4.51. The molecule has 0 spiro atoms. The number of amides is 1. The first-order valence-corrected chi connectivity index (χ1v) is 9.21. The van der Waals surface area contributed by atoms with Gasteiger partial charge in [-0.05, 0) is 67.9 Å². The molecule has 1 aromatic carbocycles. The minimum Gasteiger partial charge on any atom is -0.345 e. The average Bonchev–Trinajstić information content (AvgIpc) is 2.51. The van der Waals surface area contributed by atoms with Gasteiger partial charge in [0.15, 0.2) is 0 Å². The van der Waals surface area contributed by atoms with E-state index in [1.54, 1.807) is 0 Å². The monoisotopic (exact) mass is 320 g/mol. The second kappa shape index (κ2) is 4.81. The number of hydrogen-bond donors (Lipinski definition) is 1. The van der Waals surface area contributed by atoms with E-state index in [1.807, 2.05) is 36.4 Å². The summed E-state index contributed by atoms with van der Waals surface area (Å²) in [6, 6.07) is 11.8. The minimum atomic E-state index is 0.00584. The molecule has 4 fully saturated rings. The van der Waals surface area contributed by atoms with Crippen molar-refractivity contribution in [1.82, 2.24) is 10.3 Å². The molecule has 1 amide bonds. The van der Waals surface area contributed by atoms with Crippen LogP contribution >= 0.6 is 0 Å². The summed E-state index contributed by atoms with van der Waals surface area (Å²) in [7, 11) is 0. The quantitative estimate of drug-likeness (QED) is 0.895. The van der Waals surface area contributed by atoms with E-state index in [-0.39, 0.29) is 11.4 Å². The van der Waals surface area contributed by atoms with E-state index in [2.05, 4.69) is 17.2 Å². The number of para-hydroxylation sites is 1. The lowest BCUT2D eigenvalue weighted by molar-refractivity contribution is -0.0680. The van der Waals surface area contributed by atoms with Crippen LogP contribution in [0.4, 0.5) is 0 Å². The number of hydrogen-bond acceptors (Lipinski definition) is 2. The first-order valence-electron chi connectivity index (χ1n) is 9.21. The molecular weight excluding hydrogens is 296 g/mol. The van der Waals surface area contributed by atoms with E-state index in [9.17, 15) is 4.79 Å². The molecule has 0 aliphatic heterocycles. The van der Waals surface area contributed by atoms with Gasteiger partial charge in [-0.1, -0.05) is 31.2 Å². The molecule has 4 aliphatic carbocycles. The summed E-state index contributed by atoms with van der Waals surface area (Å²) in [5.74, 6) is 1.62. The first-order chi connectivity index (χ1) is 11.5. The van der Waals surface area contributed by atoms with Crippen molar-refractivity contribution in [3.05, 3.63) is 42.1 Å². The van der Waals surface area contributed by atoms with Gasteiger partial charge in [-0.2, -0.15) is 0 Å². The molecule has 2 aromatic rings. The summed E-state index contributed by atoms with van der Waals surface area (Å²) in [6.07, 6.45) is 7.56. The largest absolute Gasteiger partial charge is 0.345 e. The lowest BCUT2D eigenvalue weighted by Crippen LogP contribution is -2.62. The van der Waals surface area contributed by atoms with E-state index in [0.29, 0.717) is 11.1 Å². The molecule has 3 nitrogen and oxygen atoms in total. The highest BCUT2D eigenvalue weighted by atomic mass is 16.2. The highest BCUT2D eigenvalue weighted by molar-refractivity contribution is 5.95. The van der Waals surface area contributed by atoms with Gasteiger partial charge in [0.2, 0.25) is 0 Å². The van der Waals surface area contributed by atoms with Gasteiger partial charge in [0.1, 0.15) is 5.69 Å². The predicted octanol–water partition coefficient (Wildman–Crippen LogP) is 4.32. The number of nitrogens with zero attached hydrogens (tertiary/aromatic N) is 1. The third-order valence-electron chi connectivity index (χ3n) is 6.56. The fraction of sp³-hybridized carbons (Fsp3) is 0.524. The van der Waals surface area contributed by atoms with Crippen molar-refractivity contribution in [3.8, 4) is 0 Å². The molecule has 0 radical (unpaired) electrons. The zero-order valence-corrected chi connectivity index (χ0v) is 14.2. The van der Waals surface area contributed by atoms with Crippen LogP contribution in [-0.4, -0.2) is 16.4 Å². The van der Waals surface area contributed by atoms with Crippen LogP contribution in [0.2, 0.25) is 0 Å². The maximum Gasteiger partial charge on any atom is 0.270 e. The summed E-state index contributed by atoms with van der Waals surface area (Å²) >= 11 is 0. The second-order valence-electron chi connectivity index (χ2n) is 8.90. The molecule has 1 N–H and O–H groups in total. The molecule has 2 unspecified atom stereocenters. The third-order valence-corrected chi connectivity index (χ3v) is 6.56. The van der Waals surface area contributed by atoms with Crippen molar-refractivity contribution < 1.29 is 4.79 Å². The fourth-order valence-corrected chi connectivity index (χ4v) is 6.36. The lowest BCUT2D eigenvalue weighted by atomic mass is 9.47. The van der Waals surface area contributed by atoms with Gasteiger partial charge in [-0.3, -0.25) is 4.79 Å². The molecule has 4 saturated carbocycles. The van der Waals surface area contributed by atoms with Crippen LogP contribution in [-0.2, 0) is 0 Å². The Hall–Kier alpha value is -1.90. The number of benzene rings is 1. The Balaban J connectivity index is 1.43. The van der Waals surface area contributed by atoms with Crippen LogP contribution < -0.4 is 5.32 Å². The molecule has 4 aliphatic rings. The molecule has 24 heavy (non-hydrogen) atoms. The number of carbonyl (C=O) groups is 1. The van der Waals surface area contributed by atoms with E-state index in [4.69, 9.17) is 0 Å². The molecule has 124 valence electrons. The van der Waals surface area contributed by atoms with Gasteiger partial charge >= 0.3 is 0 Å². The smallest absolute Gasteiger partial charge is 0.270 e. The summed E-state index contributed by atoms with van der Waals surface area (Å²) < 4.78 is 0. The maximum absolute atomic E-state index is 12.9. The average molecular weight is 320 g/mol. The SMILES string of the molecule is CC12CC3CC(C1)CC(NC(=O)c1ccc4ccccc4n1)(C3)C2. The van der Waals surface area contributed by atoms with Gasteiger partial charge in [0.05, 0.1) is 5.52 Å². The van der Waals surface area contributed by atoms with Crippen LogP contribution in [0.15, 0.2) is 36.4 Å². The van der Waals surface area contributed by atoms with E-state index >= 15 is 0 Å². The van der Waals surface area contributed by atoms with Gasteiger partial charge in [-0.15, -0.1) is 0 Å². The first kappa shape index (κ1) is 14.4. The zero-order valence-electron chi connectivity index (χ0n) is 14.2. The summed E-state index contributed by atoms with van der Waals surface area (Å²) in [4.78, 5) is 17.5. The van der Waals surface area contributed by atoms with E-state index in [0.717, 1.165) is 29.2 Å². The summed E-state index contributed by atoms with van der Waals surface area (Å²) in [6.45, 7) is 2.43. The van der Waals surface area contributed by atoms with E-state index in [1.165, 1.54) is 32.1 Å². The minimum absolute atomic E-state index is 0.00584. The number of carbonyl (C=O) groups excluding carboxylic acids is 1. The number of rotatable bonds is 2. The van der Waals surface area contributed by atoms with Crippen LogP contribution in [0, 0.1) is 17.3 Å². The summed E-state index contributed by atoms with van der Waals surface area (Å²) in [5.41, 5.74) is 1.90. The Morgan fingerprint density at radius 1 is 1.08 bits per heavy atom. The number of fused-ring (bicyclic) bond motifs is 1. The van der Waals surface area contributed by atoms with E-state index < -0.39 is 0 Å². The van der Waals surface area contributed by atoms with Gasteiger partial charge in [0.25, 0.3) is 5.91 Å². The molecule has 6 rings (SSSR count). The third kappa shape index (κ3) is 2.25. The standard InChI is InChI=1S/C21H24N2O/c1-20-9-14-8-15(10-20)12-21(11-14,13-20)23-19(24)18-7-6-16-4-2-3-5-17(16)22-18/h2-7,14-15H,8-13H2,1H3,(H,23,24). The van der Waals surface area contributed by atoms with Crippen LogP contribution in [0.5, 0.6) is 0 Å². The van der Waals surface area contributed by atoms with Crippen molar-refractivity contribution in [3.63, 3.8) is 0 Å². The Morgan fingerprint density at radius 3 is 2.58 bits per heavy atom. The highest BCUT2D eigenvalue weighted by Gasteiger charge is 2.56. The molecule has 4 bridgehead atoms. The lowest BCUT2D eigenvalue weighted by Gasteiger charge is -2.61. The Labute approximate surface area is 142 Å². The van der Waals surface area contributed by atoms with Gasteiger partial charge in [-0.25, -0.2) is 4.98 Å². The van der Waals surface area contributed by atoms with Crippen molar-refractivity contribution in [1.29, 1.82) is 0 Å². The zero-order chi connectivity index (χ0) is 16.4. The topological polar surface area (TPSA) is 42.0 Å². The molecular formula is C21H24N2O. The molecule has 1 aromatic heterocycles. The van der Waals surface area contributed by atoms with Crippen molar-refractivity contribution in [2.45, 2.75) is 51.0 Å². The normalized spacial score (nSPS) is 36.9. The van der Waals surface area contributed by atoms with Crippen LogP contribution in [0.25, 0.3) is 10.9 Å². The molecule has 2 atom stereocenters.